The Bertz CT molecular complexity index is 529. The highest BCUT2D eigenvalue weighted by atomic mass is 35.5. The first-order valence-corrected chi connectivity index (χ1v) is 6.28. The van der Waals surface area contributed by atoms with Crippen molar-refractivity contribution in [1.82, 2.24) is 9.55 Å². The molecule has 1 aromatic heterocycles. The van der Waals surface area contributed by atoms with Crippen LogP contribution in [0.25, 0.3) is 11.0 Å². The van der Waals surface area contributed by atoms with Gasteiger partial charge in [0, 0.05) is 11.6 Å². The average molecular weight is 252 g/mol. The lowest BCUT2D eigenvalue weighted by molar-refractivity contribution is 0.505. The largest absolute Gasteiger partial charge is 0.326 e. The molecule has 17 heavy (non-hydrogen) atoms. The van der Waals surface area contributed by atoms with Crippen molar-refractivity contribution in [3.8, 4) is 0 Å². The summed E-state index contributed by atoms with van der Waals surface area (Å²) in [6.07, 6.45) is 0. The zero-order valence-corrected chi connectivity index (χ0v) is 11.2. The van der Waals surface area contributed by atoms with E-state index in [1.165, 1.54) is 0 Å². The van der Waals surface area contributed by atoms with Gasteiger partial charge in [-0.25, -0.2) is 4.98 Å². The maximum Gasteiger partial charge on any atom is 0.126 e. The molecule has 0 radical (unpaired) electrons. The van der Waals surface area contributed by atoms with Crippen molar-refractivity contribution in [3.63, 3.8) is 0 Å². The molecule has 0 saturated carbocycles. The number of hydrogen-bond acceptors (Lipinski definition) is 2. The third kappa shape index (κ3) is 2.45. The van der Waals surface area contributed by atoms with Crippen LogP contribution >= 0.6 is 11.6 Å². The number of nitrogens with zero attached hydrogens (tertiary/aromatic N) is 2. The lowest BCUT2D eigenvalue weighted by Gasteiger charge is -2.13. The van der Waals surface area contributed by atoms with Crippen LogP contribution in [0.5, 0.6) is 0 Å². The summed E-state index contributed by atoms with van der Waals surface area (Å²) in [5.41, 5.74) is 8.00. The summed E-state index contributed by atoms with van der Waals surface area (Å²) in [6.45, 7) is 7.23. The molecule has 0 aliphatic heterocycles. The molecule has 3 nitrogen and oxygen atoms in total. The summed E-state index contributed by atoms with van der Waals surface area (Å²) >= 11 is 6.04. The van der Waals surface area contributed by atoms with Gasteiger partial charge in [-0.15, -0.1) is 0 Å². The highest BCUT2D eigenvalue weighted by molar-refractivity contribution is 6.31. The molecule has 92 valence electrons. The monoisotopic (exact) mass is 251 g/mol. The molecule has 0 fully saturated rings. The van der Waals surface area contributed by atoms with Crippen LogP contribution in [0.2, 0.25) is 5.02 Å². The highest BCUT2D eigenvalue weighted by Gasteiger charge is 2.14. The second-order valence-electron chi connectivity index (χ2n) is 4.90. The molecule has 4 heteroatoms. The molecule has 0 bridgehead atoms. The van der Waals surface area contributed by atoms with Crippen molar-refractivity contribution in [1.29, 1.82) is 0 Å². The van der Waals surface area contributed by atoms with E-state index in [-0.39, 0.29) is 6.04 Å². The van der Waals surface area contributed by atoms with Crippen LogP contribution in [-0.4, -0.2) is 9.55 Å². The second kappa shape index (κ2) is 4.67. The fourth-order valence-electron chi connectivity index (χ4n) is 2.02. The molecule has 1 heterocycles. The van der Waals surface area contributed by atoms with E-state index in [4.69, 9.17) is 17.3 Å². The van der Waals surface area contributed by atoms with Gasteiger partial charge in [0.25, 0.3) is 0 Å². The van der Waals surface area contributed by atoms with Crippen LogP contribution in [0.1, 0.15) is 32.6 Å². The van der Waals surface area contributed by atoms with Crippen molar-refractivity contribution in [2.45, 2.75) is 33.4 Å². The molecule has 1 unspecified atom stereocenters. The minimum Gasteiger partial charge on any atom is -0.326 e. The number of aromatic nitrogens is 2. The Balaban J connectivity index is 2.64. The Labute approximate surface area is 107 Å². The van der Waals surface area contributed by atoms with Gasteiger partial charge in [-0.1, -0.05) is 25.4 Å². The van der Waals surface area contributed by atoms with Crippen molar-refractivity contribution in [2.24, 2.45) is 11.7 Å². The fraction of sp³-hybridized carbons (Fsp3) is 0.462. The average Bonchev–Trinajstić information content (AvgIpc) is 2.56. The number of fused-ring (bicyclic) bond motifs is 1. The Hall–Kier alpha value is -1.06. The number of rotatable bonds is 3. The van der Waals surface area contributed by atoms with Gasteiger partial charge in [-0.2, -0.15) is 0 Å². The van der Waals surface area contributed by atoms with Gasteiger partial charge in [-0.3, -0.25) is 0 Å². The van der Waals surface area contributed by atoms with Gasteiger partial charge in [-0.05, 0) is 31.0 Å². The molecule has 2 N–H and O–H groups in total. The van der Waals surface area contributed by atoms with E-state index >= 15 is 0 Å². The summed E-state index contributed by atoms with van der Waals surface area (Å²) < 4.78 is 2.18. The van der Waals surface area contributed by atoms with Crippen LogP contribution < -0.4 is 5.73 Å². The van der Waals surface area contributed by atoms with Gasteiger partial charge >= 0.3 is 0 Å². The molecule has 0 spiro atoms. The number of nitrogens with two attached hydrogens (primary N) is 1. The van der Waals surface area contributed by atoms with Crippen LogP contribution in [0.15, 0.2) is 18.2 Å². The Morgan fingerprint density at radius 2 is 2.06 bits per heavy atom. The lowest BCUT2D eigenvalue weighted by Crippen LogP contribution is -2.15. The zero-order valence-electron chi connectivity index (χ0n) is 10.4. The van der Waals surface area contributed by atoms with E-state index in [2.05, 4.69) is 23.4 Å². The Kier molecular flexibility index (Phi) is 3.40. The van der Waals surface area contributed by atoms with E-state index in [0.717, 1.165) is 28.4 Å². The van der Waals surface area contributed by atoms with E-state index in [1.54, 1.807) is 0 Å². The van der Waals surface area contributed by atoms with E-state index in [0.29, 0.717) is 5.92 Å². The molecule has 0 aliphatic rings. The van der Waals surface area contributed by atoms with Crippen molar-refractivity contribution >= 4 is 22.6 Å². The van der Waals surface area contributed by atoms with E-state index < -0.39 is 0 Å². The van der Waals surface area contributed by atoms with E-state index in [1.807, 2.05) is 25.1 Å². The number of halogens is 1. The zero-order chi connectivity index (χ0) is 12.6. The molecule has 2 rings (SSSR count). The van der Waals surface area contributed by atoms with Gasteiger partial charge in [0.2, 0.25) is 0 Å². The minimum absolute atomic E-state index is 0.0695. The molecular formula is C13H18ClN3. The predicted octanol–water partition coefficient (Wildman–Crippen LogP) is 3.37. The summed E-state index contributed by atoms with van der Waals surface area (Å²) in [4.78, 5) is 4.59. The maximum absolute atomic E-state index is 6.04. The number of imidazole rings is 1. The Morgan fingerprint density at radius 1 is 1.35 bits per heavy atom. The van der Waals surface area contributed by atoms with E-state index in [9.17, 15) is 0 Å². The molecule has 2 aromatic rings. The first-order chi connectivity index (χ1) is 7.99. The van der Waals surface area contributed by atoms with Gasteiger partial charge < -0.3 is 10.3 Å². The summed E-state index contributed by atoms with van der Waals surface area (Å²) in [7, 11) is 0. The lowest BCUT2D eigenvalue weighted by atomic mass is 10.2. The van der Waals surface area contributed by atoms with Crippen molar-refractivity contribution in [3.05, 3.63) is 29.0 Å². The molecular weight excluding hydrogens is 234 g/mol. The smallest absolute Gasteiger partial charge is 0.126 e. The first-order valence-electron chi connectivity index (χ1n) is 5.90. The molecule has 0 aliphatic carbocycles. The Morgan fingerprint density at radius 3 is 2.65 bits per heavy atom. The molecule has 0 saturated heterocycles. The first kappa shape index (κ1) is 12.4. The molecule has 0 amide bonds. The topological polar surface area (TPSA) is 43.8 Å². The third-order valence-corrected chi connectivity index (χ3v) is 2.93. The fourth-order valence-corrected chi connectivity index (χ4v) is 2.19. The standard InChI is InChI=1S/C13H18ClN3/c1-8(2)7-17-12-6-10(14)4-5-11(12)16-13(17)9(3)15/h4-6,8-9H,7,15H2,1-3H3. The maximum atomic E-state index is 6.04. The van der Waals surface area contributed by atoms with Crippen LogP contribution in [0.4, 0.5) is 0 Å². The van der Waals surface area contributed by atoms with Crippen LogP contribution in [0.3, 0.4) is 0 Å². The van der Waals surface area contributed by atoms with Gasteiger partial charge in [0.15, 0.2) is 0 Å². The highest BCUT2D eigenvalue weighted by Crippen LogP contribution is 2.24. The molecule has 1 atom stereocenters. The SMILES string of the molecule is CC(C)Cn1c(C(C)N)nc2ccc(Cl)cc21. The second-order valence-corrected chi connectivity index (χ2v) is 5.33. The predicted molar refractivity (Wildman–Crippen MR) is 72.2 cm³/mol. The minimum atomic E-state index is -0.0695. The molecule has 1 aromatic carbocycles. The number of hydrogen-bond donors (Lipinski definition) is 1. The van der Waals surface area contributed by atoms with Gasteiger partial charge in [0.05, 0.1) is 17.1 Å². The van der Waals surface area contributed by atoms with Crippen LogP contribution in [-0.2, 0) is 6.54 Å². The summed E-state index contributed by atoms with van der Waals surface area (Å²) in [5, 5.41) is 0.735. The summed E-state index contributed by atoms with van der Waals surface area (Å²) in [6, 6.07) is 5.69. The third-order valence-electron chi connectivity index (χ3n) is 2.69. The van der Waals surface area contributed by atoms with Crippen molar-refractivity contribution in [2.75, 3.05) is 0 Å². The van der Waals surface area contributed by atoms with Crippen molar-refractivity contribution < 1.29 is 0 Å². The normalized spacial score (nSPS) is 13.5. The summed E-state index contributed by atoms with van der Waals surface area (Å²) in [5.74, 6) is 1.47. The van der Waals surface area contributed by atoms with Gasteiger partial charge in [0.1, 0.15) is 5.82 Å². The van der Waals surface area contributed by atoms with Crippen LogP contribution in [0, 0.1) is 5.92 Å². The number of benzene rings is 1. The quantitative estimate of drug-likeness (QED) is 0.909.